The van der Waals surface area contributed by atoms with Gasteiger partial charge in [-0.3, -0.25) is 14.4 Å². The summed E-state index contributed by atoms with van der Waals surface area (Å²) in [6, 6.07) is 4.08. The average molecular weight is 516 g/mol. The van der Waals surface area contributed by atoms with E-state index in [0.29, 0.717) is 12.1 Å². The lowest BCUT2D eigenvalue weighted by molar-refractivity contribution is -0.119. The van der Waals surface area contributed by atoms with Crippen molar-refractivity contribution in [3.63, 3.8) is 0 Å². The molecule has 1 aliphatic heterocycles. The summed E-state index contributed by atoms with van der Waals surface area (Å²) in [5.41, 5.74) is -1.27. The normalized spacial score (nSPS) is 15.6. The first-order valence-corrected chi connectivity index (χ1v) is 11.8. The zero-order chi connectivity index (χ0) is 26.1. The molecule has 0 fully saturated rings. The number of carbonyl (C=O) groups excluding carboxylic acids is 2. The molecule has 0 unspecified atom stereocenters. The second kappa shape index (κ2) is 9.64. The molecule has 13 heteroatoms. The maximum absolute atomic E-state index is 15.0. The van der Waals surface area contributed by atoms with Gasteiger partial charge in [-0.15, -0.1) is 0 Å². The molecule has 0 saturated heterocycles. The third kappa shape index (κ3) is 6.15. The summed E-state index contributed by atoms with van der Waals surface area (Å²) >= 11 is 0. The largest absolute Gasteiger partial charge is 0.481 e. The maximum Gasteiger partial charge on any atom is 0.412 e. The third-order valence-corrected chi connectivity index (χ3v) is 6.43. The van der Waals surface area contributed by atoms with Crippen LogP contribution in [0.2, 0.25) is 0 Å². The predicted molar refractivity (Wildman–Crippen MR) is 120 cm³/mol. The van der Waals surface area contributed by atoms with E-state index in [2.05, 4.69) is 10.6 Å². The standard InChI is InChI=1S/C22H24F3N3O6S/c1-12(29)26-10-14-11-28(35(31,32)15-5-6-16(23)17(24)9-15)19-8-13(7-18(25)20(19)33-14)27-21(30)34-22(2,3)4/h5-9,14H,10-11H2,1-4H3,(H,26,29)(H,27,30)/t14-/m0/s1. The quantitative estimate of drug-likeness (QED) is 0.630. The van der Waals surface area contributed by atoms with Gasteiger partial charge in [-0.1, -0.05) is 0 Å². The van der Waals surface area contributed by atoms with Crippen molar-refractivity contribution in [3.8, 4) is 5.75 Å². The van der Waals surface area contributed by atoms with Crippen molar-refractivity contribution in [2.45, 2.75) is 44.3 Å². The van der Waals surface area contributed by atoms with Gasteiger partial charge >= 0.3 is 6.09 Å². The Labute approximate surface area is 200 Å². The highest BCUT2D eigenvalue weighted by atomic mass is 32.2. The molecule has 0 bridgehead atoms. The number of nitrogens with one attached hydrogen (secondary N) is 2. The van der Waals surface area contributed by atoms with E-state index in [1.165, 1.54) is 6.92 Å². The highest BCUT2D eigenvalue weighted by molar-refractivity contribution is 7.92. The monoisotopic (exact) mass is 515 g/mol. The van der Waals surface area contributed by atoms with Gasteiger partial charge in [0, 0.05) is 18.7 Å². The van der Waals surface area contributed by atoms with Gasteiger partial charge in [0.15, 0.2) is 23.2 Å². The van der Waals surface area contributed by atoms with Crippen molar-refractivity contribution in [1.29, 1.82) is 0 Å². The molecular formula is C22H24F3N3O6S. The maximum atomic E-state index is 15.0. The number of benzene rings is 2. The summed E-state index contributed by atoms with van der Waals surface area (Å²) in [5.74, 6) is -4.53. The minimum atomic E-state index is -4.55. The number of anilines is 2. The van der Waals surface area contributed by atoms with Crippen LogP contribution in [0.25, 0.3) is 0 Å². The Kier molecular flexibility index (Phi) is 7.20. The summed E-state index contributed by atoms with van der Waals surface area (Å²) in [4.78, 5) is 22.9. The molecule has 2 N–H and O–H groups in total. The minimum Gasteiger partial charge on any atom is -0.481 e. The number of fused-ring (bicyclic) bond motifs is 1. The van der Waals surface area contributed by atoms with E-state index >= 15 is 4.39 Å². The number of halogens is 3. The lowest BCUT2D eigenvalue weighted by Crippen LogP contribution is -2.48. The number of nitrogens with zero attached hydrogens (tertiary/aromatic N) is 1. The number of amides is 2. The van der Waals surface area contributed by atoms with Crippen molar-refractivity contribution < 1.29 is 40.7 Å². The Morgan fingerprint density at radius 2 is 1.80 bits per heavy atom. The van der Waals surface area contributed by atoms with Crippen molar-refractivity contribution in [2.75, 3.05) is 22.7 Å². The number of hydrogen-bond donors (Lipinski definition) is 2. The van der Waals surface area contributed by atoms with Gasteiger partial charge in [0.25, 0.3) is 10.0 Å². The molecule has 0 saturated carbocycles. The zero-order valence-corrected chi connectivity index (χ0v) is 20.1. The van der Waals surface area contributed by atoms with Crippen molar-refractivity contribution >= 4 is 33.4 Å². The first kappa shape index (κ1) is 26.1. The van der Waals surface area contributed by atoms with E-state index in [0.717, 1.165) is 22.5 Å². The second-order valence-corrected chi connectivity index (χ2v) is 10.6. The van der Waals surface area contributed by atoms with E-state index in [9.17, 15) is 26.8 Å². The molecule has 0 radical (unpaired) electrons. The fourth-order valence-corrected chi connectivity index (χ4v) is 4.72. The van der Waals surface area contributed by atoms with Gasteiger partial charge in [-0.25, -0.2) is 26.4 Å². The molecule has 2 amide bonds. The van der Waals surface area contributed by atoms with Gasteiger partial charge in [0.05, 0.1) is 23.7 Å². The van der Waals surface area contributed by atoms with Crippen molar-refractivity contribution in [1.82, 2.24) is 5.32 Å². The van der Waals surface area contributed by atoms with Gasteiger partial charge in [0.2, 0.25) is 5.91 Å². The van der Waals surface area contributed by atoms with Gasteiger partial charge in [-0.2, -0.15) is 0 Å². The lowest BCUT2D eigenvalue weighted by Gasteiger charge is -2.36. The summed E-state index contributed by atoms with van der Waals surface area (Å²) in [6.45, 7) is 5.55. The van der Waals surface area contributed by atoms with E-state index < -0.39 is 68.4 Å². The molecule has 35 heavy (non-hydrogen) atoms. The van der Waals surface area contributed by atoms with Gasteiger partial charge in [-0.05, 0) is 45.0 Å². The molecule has 1 heterocycles. The Morgan fingerprint density at radius 1 is 1.11 bits per heavy atom. The molecule has 3 rings (SSSR count). The third-order valence-electron chi connectivity index (χ3n) is 4.65. The van der Waals surface area contributed by atoms with Crippen LogP contribution < -0.4 is 19.7 Å². The van der Waals surface area contributed by atoms with Crippen LogP contribution in [0.15, 0.2) is 35.2 Å². The SMILES string of the molecule is CC(=O)NC[C@H]1CN(S(=O)(=O)c2ccc(F)c(F)c2)c2cc(NC(=O)OC(C)(C)C)cc(F)c2O1. The predicted octanol–water partition coefficient (Wildman–Crippen LogP) is 3.54. The van der Waals surface area contributed by atoms with Gasteiger partial charge < -0.3 is 14.8 Å². The molecule has 1 atom stereocenters. The number of carbonyl (C=O) groups is 2. The second-order valence-electron chi connectivity index (χ2n) is 8.72. The van der Waals surface area contributed by atoms with Crippen LogP contribution in [-0.2, 0) is 19.6 Å². The van der Waals surface area contributed by atoms with Gasteiger partial charge in [0.1, 0.15) is 11.7 Å². The fraction of sp³-hybridized carbons (Fsp3) is 0.364. The zero-order valence-electron chi connectivity index (χ0n) is 19.3. The average Bonchev–Trinajstić information content (AvgIpc) is 2.72. The van der Waals surface area contributed by atoms with E-state index in [-0.39, 0.29) is 17.9 Å². The highest BCUT2D eigenvalue weighted by Gasteiger charge is 2.37. The van der Waals surface area contributed by atoms with Crippen LogP contribution in [0.1, 0.15) is 27.7 Å². The van der Waals surface area contributed by atoms with Crippen LogP contribution in [0.3, 0.4) is 0 Å². The van der Waals surface area contributed by atoms with E-state index in [1.807, 2.05) is 0 Å². The molecule has 9 nitrogen and oxygen atoms in total. The molecular weight excluding hydrogens is 491 g/mol. The van der Waals surface area contributed by atoms with Crippen LogP contribution in [0, 0.1) is 17.5 Å². The summed E-state index contributed by atoms with van der Waals surface area (Å²) in [6.07, 6.45) is -1.92. The lowest BCUT2D eigenvalue weighted by atomic mass is 10.2. The molecule has 2 aromatic carbocycles. The Morgan fingerprint density at radius 3 is 2.40 bits per heavy atom. The fourth-order valence-electron chi connectivity index (χ4n) is 3.22. The molecule has 190 valence electrons. The summed E-state index contributed by atoms with van der Waals surface area (Å²) in [7, 11) is -4.55. The van der Waals surface area contributed by atoms with E-state index in [4.69, 9.17) is 9.47 Å². The topological polar surface area (TPSA) is 114 Å². The summed E-state index contributed by atoms with van der Waals surface area (Å²) < 4.78 is 80.5. The van der Waals surface area contributed by atoms with E-state index in [1.54, 1.807) is 20.8 Å². The number of ether oxygens (including phenoxy) is 2. The first-order chi connectivity index (χ1) is 16.2. The first-order valence-electron chi connectivity index (χ1n) is 10.4. The summed E-state index contributed by atoms with van der Waals surface area (Å²) in [5, 5.41) is 4.79. The molecule has 0 spiro atoms. The highest BCUT2D eigenvalue weighted by Crippen LogP contribution is 2.41. The van der Waals surface area contributed by atoms with Crippen LogP contribution in [-0.4, -0.2) is 45.2 Å². The molecule has 1 aliphatic rings. The Hall–Kier alpha value is -3.48. The number of sulfonamides is 1. The van der Waals surface area contributed by atoms with Crippen molar-refractivity contribution in [3.05, 3.63) is 47.8 Å². The molecule has 0 aliphatic carbocycles. The molecule has 0 aromatic heterocycles. The smallest absolute Gasteiger partial charge is 0.412 e. The van der Waals surface area contributed by atoms with Crippen molar-refractivity contribution in [2.24, 2.45) is 0 Å². The van der Waals surface area contributed by atoms with Crippen LogP contribution in [0.5, 0.6) is 5.75 Å². The van der Waals surface area contributed by atoms with Crippen LogP contribution in [0.4, 0.5) is 29.3 Å². The Balaban J connectivity index is 2.06. The number of rotatable bonds is 5. The van der Waals surface area contributed by atoms with Crippen LogP contribution >= 0.6 is 0 Å². The number of hydrogen-bond acceptors (Lipinski definition) is 6. The Bertz CT molecular complexity index is 1260. The minimum absolute atomic E-state index is 0.134. The molecule has 2 aromatic rings.